The van der Waals surface area contributed by atoms with Crippen LogP contribution < -0.4 is 0 Å². The zero-order valence-corrected chi connectivity index (χ0v) is 16.7. The fourth-order valence-electron chi connectivity index (χ4n) is 5.86. The van der Waals surface area contributed by atoms with E-state index in [1.54, 1.807) is 0 Å². The third-order valence-corrected chi connectivity index (χ3v) is 7.57. The molecular weight excluding hydrogens is 372 g/mol. The van der Waals surface area contributed by atoms with Crippen molar-refractivity contribution in [2.45, 2.75) is 106 Å². The van der Waals surface area contributed by atoms with Crippen LogP contribution in [0.4, 0.5) is 0 Å². The van der Waals surface area contributed by atoms with Crippen LogP contribution in [-0.4, -0.2) is 63.2 Å². The van der Waals surface area contributed by atoms with Crippen LogP contribution in [0.2, 0.25) is 0 Å². The first-order valence-electron chi connectivity index (χ1n) is 10.4. The highest BCUT2D eigenvalue weighted by Gasteiger charge is 2.65. The third kappa shape index (κ3) is 3.46. The van der Waals surface area contributed by atoms with Gasteiger partial charge in [0.05, 0.1) is 42.9 Å². The molecule has 2 aliphatic carbocycles. The zero-order chi connectivity index (χ0) is 18.7. The van der Waals surface area contributed by atoms with E-state index in [2.05, 4.69) is 0 Å². The Morgan fingerprint density at radius 1 is 1.00 bits per heavy atom. The van der Waals surface area contributed by atoms with Crippen molar-refractivity contribution in [1.82, 2.24) is 0 Å². The fourth-order valence-corrected chi connectivity index (χ4v) is 6.26. The van der Waals surface area contributed by atoms with Gasteiger partial charge in [0.2, 0.25) is 0 Å². The molecule has 7 nitrogen and oxygen atoms in total. The highest BCUT2D eigenvalue weighted by atomic mass is 32.2. The Morgan fingerprint density at radius 2 is 1.78 bits per heavy atom. The van der Waals surface area contributed by atoms with Gasteiger partial charge in [0.1, 0.15) is 6.10 Å². The van der Waals surface area contributed by atoms with Crippen molar-refractivity contribution in [3.8, 4) is 0 Å². The number of fused-ring (bicyclic) bond motifs is 3. The molecule has 27 heavy (non-hydrogen) atoms. The van der Waals surface area contributed by atoms with Crippen molar-refractivity contribution < 1.29 is 31.5 Å². The summed E-state index contributed by atoms with van der Waals surface area (Å²) in [4.78, 5) is 0. The molecule has 154 valence electrons. The lowest BCUT2D eigenvalue weighted by molar-refractivity contribution is -0.215. The summed E-state index contributed by atoms with van der Waals surface area (Å²) in [7, 11) is -3.41. The summed E-state index contributed by atoms with van der Waals surface area (Å²) >= 11 is 0. The summed E-state index contributed by atoms with van der Waals surface area (Å²) < 4.78 is 53.1. The summed E-state index contributed by atoms with van der Waals surface area (Å²) in [5.41, 5.74) is -0.316. The van der Waals surface area contributed by atoms with Crippen molar-refractivity contribution >= 4 is 10.1 Å². The van der Waals surface area contributed by atoms with Gasteiger partial charge in [0.25, 0.3) is 10.1 Å². The molecule has 3 aliphatic heterocycles. The molecule has 6 atom stereocenters. The van der Waals surface area contributed by atoms with Gasteiger partial charge < -0.3 is 18.9 Å². The van der Waals surface area contributed by atoms with E-state index in [-0.39, 0.29) is 42.7 Å². The van der Waals surface area contributed by atoms with Crippen molar-refractivity contribution in [1.29, 1.82) is 0 Å². The molecule has 0 aromatic rings. The van der Waals surface area contributed by atoms with Crippen LogP contribution in [0, 0.1) is 0 Å². The second-order valence-electron chi connectivity index (χ2n) is 8.98. The van der Waals surface area contributed by atoms with Gasteiger partial charge in [-0.3, -0.25) is 4.18 Å². The molecule has 3 unspecified atom stereocenters. The van der Waals surface area contributed by atoms with Crippen LogP contribution in [0.1, 0.15) is 64.2 Å². The van der Waals surface area contributed by atoms with E-state index >= 15 is 0 Å². The second-order valence-corrected chi connectivity index (χ2v) is 10.6. The van der Waals surface area contributed by atoms with Crippen molar-refractivity contribution in [3.05, 3.63) is 0 Å². The molecule has 3 saturated heterocycles. The first kappa shape index (κ1) is 18.8. The Morgan fingerprint density at radius 3 is 2.56 bits per heavy atom. The number of ether oxygens (including phenoxy) is 4. The quantitative estimate of drug-likeness (QED) is 0.667. The van der Waals surface area contributed by atoms with Crippen LogP contribution >= 0.6 is 0 Å². The fraction of sp³-hybridized carbons (Fsp3) is 1.00. The Balaban J connectivity index is 1.26. The van der Waals surface area contributed by atoms with E-state index in [0.29, 0.717) is 6.42 Å². The van der Waals surface area contributed by atoms with E-state index in [1.807, 2.05) is 0 Å². The van der Waals surface area contributed by atoms with Crippen molar-refractivity contribution in [2.24, 2.45) is 0 Å². The maximum atomic E-state index is 11.2. The maximum absolute atomic E-state index is 11.2. The normalized spacial score (nSPS) is 45.6. The molecule has 2 spiro atoms. The summed E-state index contributed by atoms with van der Waals surface area (Å²) in [5.74, 6) is -0.398. The molecule has 5 aliphatic rings. The Bertz CT molecular complexity index is 674. The average Bonchev–Trinajstić information content (AvgIpc) is 3.10. The highest BCUT2D eigenvalue weighted by molar-refractivity contribution is 7.85. The smallest absolute Gasteiger partial charge is 0.264 e. The predicted octanol–water partition coefficient (Wildman–Crippen LogP) is 2.28. The molecule has 0 aromatic carbocycles. The summed E-state index contributed by atoms with van der Waals surface area (Å²) in [6.45, 7) is 0.170. The maximum Gasteiger partial charge on any atom is 0.264 e. The highest BCUT2D eigenvalue weighted by Crippen LogP contribution is 2.55. The van der Waals surface area contributed by atoms with Crippen LogP contribution in [0.25, 0.3) is 0 Å². The summed E-state index contributed by atoms with van der Waals surface area (Å²) in [5, 5.41) is 0. The van der Waals surface area contributed by atoms with E-state index in [4.69, 9.17) is 23.1 Å². The predicted molar refractivity (Wildman–Crippen MR) is 95.7 cm³/mol. The first-order valence-corrected chi connectivity index (χ1v) is 12.2. The van der Waals surface area contributed by atoms with Gasteiger partial charge in [-0.15, -0.1) is 0 Å². The minimum Gasteiger partial charge on any atom is -0.369 e. The average molecular weight is 403 g/mol. The minimum atomic E-state index is -3.41. The van der Waals surface area contributed by atoms with Gasteiger partial charge in [-0.05, 0) is 32.1 Å². The van der Waals surface area contributed by atoms with Crippen LogP contribution in [0.15, 0.2) is 0 Å². The van der Waals surface area contributed by atoms with Gasteiger partial charge in [-0.1, -0.05) is 6.42 Å². The molecular formula is C19H30O7S. The molecule has 5 rings (SSSR count). The van der Waals surface area contributed by atoms with E-state index in [1.165, 1.54) is 6.42 Å². The third-order valence-electron chi connectivity index (χ3n) is 6.97. The Labute approximate surface area is 161 Å². The molecule has 8 heteroatoms. The molecule has 0 amide bonds. The van der Waals surface area contributed by atoms with E-state index < -0.39 is 15.9 Å². The standard InChI is InChI=1S/C19H30O7S/c1-27(20,21)22-10-7-13-5-6-16-18(24-13)11-14(23-16)17-15(12-18)25-19(26-17)8-3-2-4-9-19/h13-17H,2-12H2,1H3/t13?,14-,15-,16?,17+,18?/m1/s1. The Kier molecular flexibility index (Phi) is 4.61. The summed E-state index contributed by atoms with van der Waals surface area (Å²) in [6.07, 6.45) is 10.9. The monoisotopic (exact) mass is 402 g/mol. The van der Waals surface area contributed by atoms with E-state index in [9.17, 15) is 8.42 Å². The molecule has 2 bridgehead atoms. The van der Waals surface area contributed by atoms with Crippen LogP contribution in [0.5, 0.6) is 0 Å². The molecule has 0 radical (unpaired) electrons. The lowest BCUT2D eigenvalue weighted by Gasteiger charge is -2.44. The van der Waals surface area contributed by atoms with Crippen LogP contribution in [0.3, 0.4) is 0 Å². The molecule has 3 heterocycles. The van der Waals surface area contributed by atoms with Crippen LogP contribution in [-0.2, 0) is 33.2 Å². The first-order chi connectivity index (χ1) is 12.9. The largest absolute Gasteiger partial charge is 0.369 e. The van der Waals surface area contributed by atoms with Gasteiger partial charge >= 0.3 is 0 Å². The summed E-state index contributed by atoms with van der Waals surface area (Å²) in [6, 6.07) is 0. The molecule has 0 aromatic heterocycles. The lowest BCUT2D eigenvalue weighted by Crippen LogP contribution is -2.53. The number of hydrogen-bond donors (Lipinski definition) is 0. The molecule has 5 fully saturated rings. The van der Waals surface area contributed by atoms with Crippen molar-refractivity contribution in [2.75, 3.05) is 12.9 Å². The zero-order valence-electron chi connectivity index (χ0n) is 15.9. The van der Waals surface area contributed by atoms with Gasteiger partial charge in [0.15, 0.2) is 5.79 Å². The number of hydrogen-bond acceptors (Lipinski definition) is 7. The van der Waals surface area contributed by atoms with E-state index in [0.717, 1.165) is 57.6 Å². The van der Waals surface area contributed by atoms with Gasteiger partial charge in [-0.2, -0.15) is 8.42 Å². The Hall–Kier alpha value is -0.250. The van der Waals surface area contributed by atoms with Crippen molar-refractivity contribution in [3.63, 3.8) is 0 Å². The molecule has 2 saturated carbocycles. The lowest BCUT2D eigenvalue weighted by atomic mass is 9.76. The second kappa shape index (κ2) is 6.64. The van der Waals surface area contributed by atoms with Gasteiger partial charge in [-0.25, -0.2) is 0 Å². The molecule has 0 N–H and O–H groups in total. The minimum absolute atomic E-state index is 0.00728. The SMILES string of the molecule is CS(=O)(=O)OCCC1CCC2O[C@@H]3CC2(C[C@H]2OC4(CCCCC4)O[C@@H]32)O1. The topological polar surface area (TPSA) is 80.3 Å². The number of rotatable bonds is 4. The van der Waals surface area contributed by atoms with Gasteiger partial charge in [0, 0.05) is 25.7 Å².